The Morgan fingerprint density at radius 2 is 0.619 bits per heavy atom. The number of fused-ring (bicyclic) bond motifs is 8. The van der Waals surface area contributed by atoms with E-state index >= 15 is 0 Å². The molecule has 0 aliphatic heterocycles. The molecule has 0 amide bonds. The summed E-state index contributed by atoms with van der Waals surface area (Å²) in [4.78, 5) is 0. The first-order valence-electron chi connectivity index (χ1n) is 21.8. The molecule has 0 bridgehead atoms. The predicted octanol–water partition coefficient (Wildman–Crippen LogP) is 17.7. The maximum atomic E-state index is 7.12. The maximum absolute atomic E-state index is 7.12. The van der Waals surface area contributed by atoms with Crippen LogP contribution in [-0.2, 0) is 0 Å². The van der Waals surface area contributed by atoms with Gasteiger partial charge in [0, 0.05) is 21.9 Å². The average Bonchev–Trinajstić information content (AvgIpc) is 3.73. The molecule has 0 fully saturated rings. The Morgan fingerprint density at radius 3 is 1.21 bits per heavy atom. The Hall–Kier alpha value is -8.26. The molecule has 1 heteroatoms. The molecule has 12 aromatic carbocycles. The molecule has 0 aliphatic rings. The highest BCUT2D eigenvalue weighted by Crippen LogP contribution is 2.48. The number of furan rings is 1. The monoisotopic (exact) mass is 798 g/mol. The molecule has 1 aromatic heterocycles. The molecule has 0 radical (unpaired) electrons. The molecule has 0 aliphatic carbocycles. The Morgan fingerprint density at radius 1 is 0.222 bits per heavy atom. The number of hydrogen-bond acceptors (Lipinski definition) is 1. The lowest BCUT2D eigenvalue weighted by molar-refractivity contribution is 0.670. The highest BCUT2D eigenvalue weighted by atomic mass is 16.3. The maximum Gasteiger partial charge on any atom is 0.143 e. The summed E-state index contributed by atoms with van der Waals surface area (Å²) in [5.41, 5.74) is 13.8. The van der Waals surface area contributed by atoms with E-state index < -0.39 is 0 Å². The van der Waals surface area contributed by atoms with Gasteiger partial charge in [-0.1, -0.05) is 218 Å². The van der Waals surface area contributed by atoms with Crippen molar-refractivity contribution in [3.63, 3.8) is 0 Å². The van der Waals surface area contributed by atoms with E-state index in [1.807, 2.05) is 0 Å². The summed E-state index contributed by atoms with van der Waals surface area (Å²) in [6, 6.07) is 84.0. The van der Waals surface area contributed by atoms with Crippen LogP contribution < -0.4 is 0 Å². The molecular weight excluding hydrogens is 761 g/mol. The van der Waals surface area contributed by atoms with Crippen molar-refractivity contribution in [3.8, 4) is 55.6 Å². The number of benzene rings is 12. The Bertz CT molecular complexity index is 3830. The summed E-state index contributed by atoms with van der Waals surface area (Å²) in [7, 11) is 0. The molecule has 0 N–H and O–H groups in total. The van der Waals surface area contributed by atoms with E-state index in [2.05, 4.69) is 231 Å². The minimum atomic E-state index is 0.881. The van der Waals surface area contributed by atoms with Gasteiger partial charge in [-0.15, -0.1) is 0 Å². The van der Waals surface area contributed by atoms with Gasteiger partial charge in [0.2, 0.25) is 0 Å². The van der Waals surface area contributed by atoms with E-state index in [1.54, 1.807) is 0 Å². The topological polar surface area (TPSA) is 13.1 Å². The van der Waals surface area contributed by atoms with Crippen LogP contribution in [0.4, 0.5) is 0 Å². The van der Waals surface area contributed by atoms with E-state index in [-0.39, 0.29) is 0 Å². The summed E-state index contributed by atoms with van der Waals surface area (Å²) in [5.74, 6) is 0. The lowest BCUT2D eigenvalue weighted by Crippen LogP contribution is -1.91. The first kappa shape index (κ1) is 35.5. The third kappa shape index (κ3) is 5.50. The van der Waals surface area contributed by atoms with E-state index in [4.69, 9.17) is 4.42 Å². The molecule has 0 unspecified atom stereocenters. The van der Waals surface area contributed by atoms with E-state index in [0.717, 1.165) is 33.1 Å². The molecule has 63 heavy (non-hydrogen) atoms. The van der Waals surface area contributed by atoms with Gasteiger partial charge in [0.15, 0.2) is 0 Å². The van der Waals surface area contributed by atoms with Gasteiger partial charge in [0.05, 0.1) is 0 Å². The lowest BCUT2D eigenvalue weighted by atomic mass is 9.85. The standard InChI is InChI=1S/C62H38O/c1-2-17-41(18-3-1)58-47-21-6-8-23-49(47)60(50-24-9-7-22-48(50)58)43-36-37-46-55-30-15-31-56(62(55)63-57(46)38-43)61-53-27-12-10-25-51(53)59(52-26-11-13-28-54(52)61)42-34-32-40(33-35-42)45-29-14-19-39-16-4-5-20-44(39)45/h1-38H. The minimum Gasteiger partial charge on any atom is -0.455 e. The SMILES string of the molecule is c1ccc(-c2c3ccccc3c(-c3ccc4c(c3)oc3c(-c5c6ccccc6c(-c6ccc(-c7cccc8ccccc78)cc6)c6ccccc56)cccc34)c3ccccc23)cc1. The molecule has 0 spiro atoms. The second-order valence-corrected chi connectivity index (χ2v) is 16.6. The van der Waals surface area contributed by atoms with Crippen molar-refractivity contribution in [2.75, 3.05) is 0 Å². The molecule has 1 nitrogen and oxygen atoms in total. The van der Waals surface area contributed by atoms with Crippen LogP contribution in [0.1, 0.15) is 0 Å². The van der Waals surface area contributed by atoms with Crippen molar-refractivity contribution in [2.24, 2.45) is 0 Å². The van der Waals surface area contributed by atoms with Crippen LogP contribution in [0.25, 0.3) is 131 Å². The predicted molar refractivity (Wildman–Crippen MR) is 268 cm³/mol. The zero-order valence-electron chi connectivity index (χ0n) is 34.3. The molecule has 0 atom stereocenters. The highest BCUT2D eigenvalue weighted by Gasteiger charge is 2.22. The van der Waals surface area contributed by atoms with Crippen molar-refractivity contribution in [1.82, 2.24) is 0 Å². The molecule has 0 saturated heterocycles. The smallest absolute Gasteiger partial charge is 0.143 e. The third-order valence-corrected chi connectivity index (χ3v) is 13.3. The van der Waals surface area contributed by atoms with Crippen molar-refractivity contribution in [3.05, 3.63) is 231 Å². The van der Waals surface area contributed by atoms with Crippen LogP contribution in [0.5, 0.6) is 0 Å². The van der Waals surface area contributed by atoms with Gasteiger partial charge in [-0.05, 0) is 111 Å². The second-order valence-electron chi connectivity index (χ2n) is 16.6. The molecular formula is C62H38O. The normalized spacial score (nSPS) is 11.8. The van der Waals surface area contributed by atoms with Crippen molar-refractivity contribution in [1.29, 1.82) is 0 Å². The fourth-order valence-corrected chi connectivity index (χ4v) is 10.5. The van der Waals surface area contributed by atoms with Gasteiger partial charge in [0.1, 0.15) is 11.2 Å². The van der Waals surface area contributed by atoms with Crippen molar-refractivity contribution in [2.45, 2.75) is 0 Å². The van der Waals surface area contributed by atoms with E-state index in [9.17, 15) is 0 Å². The van der Waals surface area contributed by atoms with Crippen molar-refractivity contribution < 1.29 is 4.42 Å². The van der Waals surface area contributed by atoms with E-state index in [0.29, 0.717) is 0 Å². The first-order chi connectivity index (χ1) is 31.3. The van der Waals surface area contributed by atoms with Crippen LogP contribution in [0.2, 0.25) is 0 Å². The summed E-state index contributed by atoms with van der Waals surface area (Å²) >= 11 is 0. The quantitative estimate of drug-likeness (QED) is 0.158. The average molecular weight is 799 g/mol. The summed E-state index contributed by atoms with van der Waals surface area (Å²) < 4.78 is 7.12. The van der Waals surface area contributed by atoms with Crippen LogP contribution in [0, 0.1) is 0 Å². The molecule has 292 valence electrons. The first-order valence-corrected chi connectivity index (χ1v) is 21.8. The van der Waals surface area contributed by atoms with Crippen LogP contribution >= 0.6 is 0 Å². The molecule has 1 heterocycles. The molecule has 0 saturated carbocycles. The Labute approximate surface area is 364 Å². The highest BCUT2D eigenvalue weighted by molar-refractivity contribution is 6.25. The number of para-hydroxylation sites is 1. The van der Waals surface area contributed by atoms with Gasteiger partial charge in [-0.2, -0.15) is 0 Å². The van der Waals surface area contributed by atoms with Crippen LogP contribution in [-0.4, -0.2) is 0 Å². The van der Waals surface area contributed by atoms with Crippen LogP contribution in [0.3, 0.4) is 0 Å². The summed E-state index contributed by atoms with van der Waals surface area (Å²) in [6.45, 7) is 0. The van der Waals surface area contributed by atoms with Gasteiger partial charge in [-0.3, -0.25) is 0 Å². The fourth-order valence-electron chi connectivity index (χ4n) is 10.5. The van der Waals surface area contributed by atoms with Gasteiger partial charge in [0.25, 0.3) is 0 Å². The van der Waals surface area contributed by atoms with Gasteiger partial charge < -0.3 is 4.42 Å². The zero-order chi connectivity index (χ0) is 41.4. The Kier molecular flexibility index (Phi) is 7.98. The Balaban J connectivity index is 0.997. The van der Waals surface area contributed by atoms with Gasteiger partial charge in [-0.25, -0.2) is 0 Å². The molecule has 13 rings (SSSR count). The largest absolute Gasteiger partial charge is 0.455 e. The third-order valence-electron chi connectivity index (χ3n) is 13.3. The fraction of sp³-hybridized carbons (Fsp3) is 0. The summed E-state index contributed by atoms with van der Waals surface area (Å²) in [6.07, 6.45) is 0. The zero-order valence-corrected chi connectivity index (χ0v) is 34.3. The van der Waals surface area contributed by atoms with Gasteiger partial charge >= 0.3 is 0 Å². The molecule has 13 aromatic rings. The number of hydrogen-bond donors (Lipinski definition) is 0. The lowest BCUT2D eigenvalue weighted by Gasteiger charge is -2.18. The van der Waals surface area contributed by atoms with Crippen molar-refractivity contribution >= 4 is 75.8 Å². The van der Waals surface area contributed by atoms with Crippen LogP contribution in [0.15, 0.2) is 235 Å². The minimum absolute atomic E-state index is 0.881. The number of rotatable bonds is 5. The summed E-state index contributed by atoms with van der Waals surface area (Å²) in [5, 5.41) is 14.5. The second kappa shape index (κ2) is 14.2. The van der Waals surface area contributed by atoms with E-state index in [1.165, 1.54) is 98.4 Å².